The Morgan fingerprint density at radius 2 is 1.86 bits per heavy atom. The molecule has 3 N–H and O–H groups in total. The highest BCUT2D eigenvalue weighted by atomic mass is 15.2. The largest absolute Gasteiger partial charge is 0.379 e. The minimum absolute atomic E-state index is 0.616. The van der Waals surface area contributed by atoms with Crippen LogP contribution in [0, 0.1) is 20.8 Å². The summed E-state index contributed by atoms with van der Waals surface area (Å²) in [7, 11) is 0. The van der Waals surface area contributed by atoms with Crippen LogP contribution >= 0.6 is 0 Å². The maximum absolute atomic E-state index is 4.39. The van der Waals surface area contributed by atoms with Crippen molar-refractivity contribution < 1.29 is 0 Å². The van der Waals surface area contributed by atoms with Crippen molar-refractivity contribution in [2.45, 2.75) is 66.5 Å². The van der Waals surface area contributed by atoms with Crippen LogP contribution in [0.2, 0.25) is 0 Å². The summed E-state index contributed by atoms with van der Waals surface area (Å²) in [5, 5.41) is 7.07. The molecule has 1 aliphatic rings. The zero-order valence-corrected chi connectivity index (χ0v) is 18.9. The Bertz CT molecular complexity index is 843. The summed E-state index contributed by atoms with van der Waals surface area (Å²) >= 11 is 0. The molecule has 4 heteroatoms. The monoisotopic (exact) mass is 394 g/mol. The molecule has 0 unspecified atom stereocenters. The topological polar surface area (TPSA) is 43.1 Å². The van der Waals surface area contributed by atoms with Gasteiger partial charge in [0.2, 0.25) is 0 Å². The molecule has 2 heterocycles. The van der Waals surface area contributed by atoms with Crippen LogP contribution in [-0.2, 0) is 13.0 Å². The maximum Gasteiger partial charge on any atom is 0.0554 e. The number of nitrogens with one attached hydrogen (secondary N) is 3. The average molecular weight is 395 g/mol. The number of aryl methyl sites for hydroxylation is 3. The predicted molar refractivity (Wildman–Crippen MR) is 126 cm³/mol. The van der Waals surface area contributed by atoms with E-state index in [9.17, 15) is 0 Å². The molecule has 0 atom stereocenters. The van der Waals surface area contributed by atoms with Gasteiger partial charge in [-0.05, 0) is 94.9 Å². The lowest BCUT2D eigenvalue weighted by Gasteiger charge is -2.37. The molecule has 0 radical (unpaired) electrons. The van der Waals surface area contributed by atoms with E-state index >= 15 is 0 Å². The van der Waals surface area contributed by atoms with Gasteiger partial charge in [-0.1, -0.05) is 13.5 Å². The first-order valence-corrected chi connectivity index (χ1v) is 11.1. The van der Waals surface area contributed by atoms with E-state index in [2.05, 4.69) is 79.9 Å². The van der Waals surface area contributed by atoms with Crippen LogP contribution in [-0.4, -0.2) is 30.7 Å². The van der Waals surface area contributed by atoms with Crippen LogP contribution in [0.5, 0.6) is 0 Å². The summed E-state index contributed by atoms with van der Waals surface area (Å²) < 4.78 is 0. The van der Waals surface area contributed by atoms with Crippen molar-refractivity contribution in [3.63, 3.8) is 0 Å². The molecule has 158 valence electrons. The second kappa shape index (κ2) is 9.53. The van der Waals surface area contributed by atoms with Crippen LogP contribution < -0.4 is 15.5 Å². The predicted octanol–water partition coefficient (Wildman–Crippen LogP) is 4.84. The molecule has 0 bridgehead atoms. The lowest BCUT2D eigenvalue weighted by molar-refractivity contribution is 0.433. The van der Waals surface area contributed by atoms with Crippen LogP contribution in [0.25, 0.3) is 5.70 Å². The molecule has 1 saturated heterocycles. The second-order valence-corrected chi connectivity index (χ2v) is 8.37. The van der Waals surface area contributed by atoms with E-state index in [1.165, 1.54) is 52.2 Å². The fourth-order valence-electron chi connectivity index (χ4n) is 4.66. The van der Waals surface area contributed by atoms with Gasteiger partial charge in [0, 0.05) is 40.9 Å². The zero-order chi connectivity index (χ0) is 21.0. The van der Waals surface area contributed by atoms with Gasteiger partial charge in [-0.2, -0.15) is 0 Å². The van der Waals surface area contributed by atoms with Crippen molar-refractivity contribution in [3.8, 4) is 0 Å². The molecule has 1 aromatic carbocycles. The molecule has 29 heavy (non-hydrogen) atoms. The van der Waals surface area contributed by atoms with Gasteiger partial charge in [0.1, 0.15) is 0 Å². The third-order valence-electron chi connectivity index (χ3n) is 6.24. The van der Waals surface area contributed by atoms with Crippen molar-refractivity contribution in [2.75, 3.05) is 24.5 Å². The number of piperidine rings is 1. The van der Waals surface area contributed by atoms with Gasteiger partial charge in [-0.3, -0.25) is 0 Å². The van der Waals surface area contributed by atoms with Crippen LogP contribution in [0.15, 0.2) is 24.8 Å². The smallest absolute Gasteiger partial charge is 0.0554 e. The van der Waals surface area contributed by atoms with Crippen molar-refractivity contribution in [2.24, 2.45) is 0 Å². The van der Waals surface area contributed by atoms with E-state index in [1.54, 1.807) is 0 Å². The molecule has 1 aromatic heterocycles. The van der Waals surface area contributed by atoms with Gasteiger partial charge >= 0.3 is 0 Å². The van der Waals surface area contributed by atoms with Crippen LogP contribution in [0.1, 0.15) is 60.3 Å². The second-order valence-electron chi connectivity index (χ2n) is 8.37. The first-order chi connectivity index (χ1) is 13.9. The van der Waals surface area contributed by atoms with Gasteiger partial charge in [0.15, 0.2) is 0 Å². The maximum atomic E-state index is 4.39. The van der Waals surface area contributed by atoms with E-state index in [4.69, 9.17) is 0 Å². The molecule has 3 rings (SSSR count). The number of rotatable bonds is 8. The van der Waals surface area contributed by atoms with Crippen LogP contribution in [0.4, 0.5) is 5.69 Å². The fraction of sp³-hybridized carbons (Fsp3) is 0.520. The highest BCUT2D eigenvalue weighted by Crippen LogP contribution is 2.31. The Kier molecular flexibility index (Phi) is 7.07. The SMILES string of the molecule is C=C(NCc1[nH]c(C)cc1CC)c1cc(C)cc(N(CC)C2CCNCC2)c1C. The Balaban J connectivity index is 1.82. The van der Waals surface area contributed by atoms with E-state index in [1.807, 2.05) is 0 Å². The molecule has 0 spiro atoms. The standard InChI is InChI=1S/C25H38N4/c1-7-21-15-18(4)28-24(21)16-27-20(6)23-13-17(3)14-25(19(23)5)29(8-2)22-9-11-26-12-10-22/h13-15,22,26-28H,6-12,16H2,1-5H3. The average Bonchev–Trinajstić information content (AvgIpc) is 3.09. The van der Waals surface area contributed by atoms with Crippen molar-refractivity contribution in [3.05, 3.63) is 58.4 Å². The number of benzene rings is 1. The summed E-state index contributed by atoms with van der Waals surface area (Å²) in [5.41, 5.74) is 10.1. The highest BCUT2D eigenvalue weighted by Gasteiger charge is 2.22. The van der Waals surface area contributed by atoms with Gasteiger partial charge in [-0.15, -0.1) is 0 Å². The van der Waals surface area contributed by atoms with E-state index < -0.39 is 0 Å². The van der Waals surface area contributed by atoms with Crippen molar-refractivity contribution in [1.29, 1.82) is 0 Å². The molecular formula is C25H38N4. The number of aromatic amines is 1. The first-order valence-electron chi connectivity index (χ1n) is 11.1. The van der Waals surface area contributed by atoms with E-state index in [-0.39, 0.29) is 0 Å². The molecule has 2 aromatic rings. The number of hydrogen-bond acceptors (Lipinski definition) is 3. The minimum Gasteiger partial charge on any atom is -0.379 e. The number of aromatic nitrogens is 1. The quantitative estimate of drug-likeness (QED) is 0.600. The number of anilines is 1. The van der Waals surface area contributed by atoms with Gasteiger partial charge in [0.25, 0.3) is 0 Å². The van der Waals surface area contributed by atoms with Crippen LogP contribution in [0.3, 0.4) is 0 Å². The fourth-order valence-corrected chi connectivity index (χ4v) is 4.66. The molecule has 0 aliphatic carbocycles. The summed E-state index contributed by atoms with van der Waals surface area (Å²) in [6.07, 6.45) is 3.46. The van der Waals surface area contributed by atoms with E-state index in [0.29, 0.717) is 6.04 Å². The lowest BCUT2D eigenvalue weighted by atomic mass is 9.97. The molecule has 1 aliphatic heterocycles. The molecule has 1 fully saturated rings. The Labute approximate surface area is 176 Å². The Morgan fingerprint density at radius 1 is 1.14 bits per heavy atom. The van der Waals surface area contributed by atoms with Gasteiger partial charge in [-0.25, -0.2) is 0 Å². The summed E-state index contributed by atoms with van der Waals surface area (Å²) in [6.45, 7) is 19.5. The minimum atomic E-state index is 0.616. The van der Waals surface area contributed by atoms with E-state index in [0.717, 1.165) is 38.3 Å². The third kappa shape index (κ3) is 4.87. The zero-order valence-electron chi connectivity index (χ0n) is 18.9. The highest BCUT2D eigenvalue weighted by molar-refractivity contribution is 5.72. The summed E-state index contributed by atoms with van der Waals surface area (Å²) in [6, 6.07) is 7.48. The third-order valence-corrected chi connectivity index (χ3v) is 6.24. The summed E-state index contributed by atoms with van der Waals surface area (Å²) in [4.78, 5) is 6.09. The van der Waals surface area contributed by atoms with Gasteiger partial charge in [0.05, 0.1) is 6.54 Å². The first kappa shape index (κ1) is 21.5. The lowest BCUT2D eigenvalue weighted by Crippen LogP contribution is -2.43. The number of hydrogen-bond donors (Lipinski definition) is 3. The normalized spacial score (nSPS) is 14.8. The van der Waals surface area contributed by atoms with Gasteiger partial charge < -0.3 is 20.5 Å². The molecule has 4 nitrogen and oxygen atoms in total. The molecule has 0 amide bonds. The number of H-pyrrole nitrogens is 1. The molecule has 0 saturated carbocycles. The Morgan fingerprint density at radius 3 is 2.52 bits per heavy atom. The summed E-state index contributed by atoms with van der Waals surface area (Å²) in [5.74, 6) is 0. The number of nitrogens with zero attached hydrogens (tertiary/aromatic N) is 1. The Hall–Kier alpha value is -2.20. The van der Waals surface area contributed by atoms with Crippen molar-refractivity contribution >= 4 is 11.4 Å². The molecular weight excluding hydrogens is 356 g/mol. The van der Waals surface area contributed by atoms with Crippen molar-refractivity contribution in [1.82, 2.24) is 15.6 Å².